The third-order valence-corrected chi connectivity index (χ3v) is 3.83. The van der Waals surface area contributed by atoms with Crippen LogP contribution in [0.25, 0.3) is 11.3 Å². The van der Waals surface area contributed by atoms with E-state index in [0.717, 1.165) is 16.8 Å². The predicted molar refractivity (Wildman–Crippen MR) is 99.8 cm³/mol. The van der Waals surface area contributed by atoms with Crippen LogP contribution in [0.5, 0.6) is 0 Å². The Morgan fingerprint density at radius 2 is 2.00 bits per heavy atom. The minimum Gasteiger partial charge on any atom is -0.393 e. The smallest absolute Gasteiger partial charge is 0.220 e. The van der Waals surface area contributed by atoms with Gasteiger partial charge in [0.25, 0.3) is 0 Å². The summed E-state index contributed by atoms with van der Waals surface area (Å²) in [5.41, 5.74) is 8.88. The molecule has 0 saturated carbocycles. The Balaban J connectivity index is 2.07. The Morgan fingerprint density at radius 3 is 2.72 bits per heavy atom. The zero-order chi connectivity index (χ0) is 17.8. The van der Waals surface area contributed by atoms with E-state index in [2.05, 4.69) is 20.3 Å². The number of hydrogen-bond acceptors (Lipinski definition) is 6. The topological polar surface area (TPSA) is 97.0 Å². The molecule has 0 saturated heterocycles. The van der Waals surface area contributed by atoms with E-state index >= 15 is 0 Å². The van der Waals surface area contributed by atoms with E-state index in [1.807, 2.05) is 24.3 Å². The molecule has 3 rings (SSSR count). The number of halogens is 1. The van der Waals surface area contributed by atoms with Crippen LogP contribution in [0.4, 0.5) is 17.5 Å². The number of nitrogens with one attached hydrogen (secondary N) is 1. The number of aromatic nitrogens is 3. The Hall–Kier alpha value is -2.70. The Morgan fingerprint density at radius 1 is 1.20 bits per heavy atom. The summed E-state index contributed by atoms with van der Waals surface area (Å²) in [6.07, 6.45) is 3.16. The highest BCUT2D eigenvalue weighted by Crippen LogP contribution is 2.30. The van der Waals surface area contributed by atoms with Gasteiger partial charge in [0.15, 0.2) is 0 Å². The second kappa shape index (κ2) is 7.46. The molecular formula is C18H18ClN5O. The van der Waals surface area contributed by atoms with Crippen LogP contribution in [0.1, 0.15) is 12.5 Å². The average Bonchev–Trinajstić information content (AvgIpc) is 2.56. The number of aliphatic hydroxyl groups is 1. The lowest BCUT2D eigenvalue weighted by Gasteiger charge is -2.16. The van der Waals surface area contributed by atoms with Crippen LogP contribution in [-0.2, 0) is 6.42 Å². The maximum Gasteiger partial charge on any atom is 0.220 e. The second-order valence-corrected chi connectivity index (χ2v) is 6.11. The molecule has 1 unspecified atom stereocenters. The van der Waals surface area contributed by atoms with Crippen molar-refractivity contribution in [3.05, 3.63) is 59.4 Å². The molecule has 0 spiro atoms. The second-order valence-electron chi connectivity index (χ2n) is 5.67. The zero-order valence-electron chi connectivity index (χ0n) is 13.6. The number of nitrogens with zero attached hydrogens (tertiary/aromatic N) is 3. The largest absolute Gasteiger partial charge is 0.393 e. The van der Waals surface area contributed by atoms with Crippen LogP contribution in [0.2, 0.25) is 5.02 Å². The molecule has 25 heavy (non-hydrogen) atoms. The molecule has 3 aromatic rings. The van der Waals surface area contributed by atoms with Crippen molar-refractivity contribution in [2.75, 3.05) is 11.1 Å². The molecule has 128 valence electrons. The normalized spacial score (nSPS) is 12.0. The summed E-state index contributed by atoms with van der Waals surface area (Å²) < 4.78 is 0. The van der Waals surface area contributed by atoms with Crippen LogP contribution >= 0.6 is 11.6 Å². The monoisotopic (exact) mass is 355 g/mol. The number of nitrogen functional groups attached to an aromatic ring is 1. The minimum absolute atomic E-state index is 0.196. The van der Waals surface area contributed by atoms with Gasteiger partial charge in [-0.25, -0.2) is 15.0 Å². The molecule has 2 heterocycles. The van der Waals surface area contributed by atoms with Gasteiger partial charge in [-0.1, -0.05) is 17.7 Å². The van der Waals surface area contributed by atoms with E-state index in [1.165, 1.54) is 0 Å². The van der Waals surface area contributed by atoms with Gasteiger partial charge in [0, 0.05) is 40.7 Å². The van der Waals surface area contributed by atoms with E-state index < -0.39 is 6.10 Å². The molecule has 2 aromatic heterocycles. The third kappa shape index (κ3) is 4.23. The highest BCUT2D eigenvalue weighted by atomic mass is 35.5. The van der Waals surface area contributed by atoms with E-state index in [-0.39, 0.29) is 5.95 Å². The standard InChI is InChI=1S/C18H18ClN5O/c1-11(25)9-15-14(16-6-8-22-18(20)24-16)5-7-21-17(15)23-13-4-2-3-12(19)10-13/h2-8,10-11,25H,9H2,1H3,(H,21,23)(H2,20,22,24). The lowest BCUT2D eigenvalue weighted by atomic mass is 10.0. The van der Waals surface area contributed by atoms with Crippen LogP contribution < -0.4 is 11.1 Å². The Bertz CT molecular complexity index is 885. The van der Waals surface area contributed by atoms with Crippen molar-refractivity contribution in [1.82, 2.24) is 15.0 Å². The van der Waals surface area contributed by atoms with Crippen molar-refractivity contribution in [3.8, 4) is 11.3 Å². The fourth-order valence-corrected chi connectivity index (χ4v) is 2.76. The van der Waals surface area contributed by atoms with Crippen molar-refractivity contribution < 1.29 is 5.11 Å². The lowest BCUT2D eigenvalue weighted by molar-refractivity contribution is 0.195. The zero-order valence-corrected chi connectivity index (χ0v) is 14.4. The summed E-state index contributed by atoms with van der Waals surface area (Å²) in [4.78, 5) is 12.6. The van der Waals surface area contributed by atoms with Gasteiger partial charge >= 0.3 is 0 Å². The van der Waals surface area contributed by atoms with Gasteiger partial charge in [-0.2, -0.15) is 0 Å². The third-order valence-electron chi connectivity index (χ3n) is 3.59. The van der Waals surface area contributed by atoms with Crippen LogP contribution in [-0.4, -0.2) is 26.2 Å². The van der Waals surface area contributed by atoms with Crippen molar-refractivity contribution in [3.63, 3.8) is 0 Å². The number of rotatable bonds is 5. The Labute approximate surface area is 150 Å². The van der Waals surface area contributed by atoms with Crippen molar-refractivity contribution in [1.29, 1.82) is 0 Å². The summed E-state index contributed by atoms with van der Waals surface area (Å²) in [7, 11) is 0. The summed E-state index contributed by atoms with van der Waals surface area (Å²) in [5.74, 6) is 0.833. The molecule has 0 aliphatic rings. The maximum atomic E-state index is 9.93. The highest BCUT2D eigenvalue weighted by Gasteiger charge is 2.15. The fourth-order valence-electron chi connectivity index (χ4n) is 2.57. The van der Waals surface area contributed by atoms with Gasteiger partial charge < -0.3 is 16.2 Å². The van der Waals surface area contributed by atoms with Gasteiger partial charge in [-0.05, 0) is 37.3 Å². The number of aliphatic hydroxyl groups excluding tert-OH is 1. The van der Waals surface area contributed by atoms with E-state index in [4.69, 9.17) is 17.3 Å². The van der Waals surface area contributed by atoms with Gasteiger partial charge in [0.05, 0.1) is 11.8 Å². The van der Waals surface area contributed by atoms with Crippen molar-refractivity contribution >= 4 is 29.1 Å². The number of anilines is 3. The molecular weight excluding hydrogens is 338 g/mol. The van der Waals surface area contributed by atoms with E-state index in [0.29, 0.717) is 23.0 Å². The quantitative estimate of drug-likeness (QED) is 0.648. The summed E-state index contributed by atoms with van der Waals surface area (Å²) in [6.45, 7) is 1.73. The number of nitrogens with two attached hydrogens (primary N) is 1. The summed E-state index contributed by atoms with van der Waals surface area (Å²) in [5, 5.41) is 13.8. The molecule has 1 atom stereocenters. The molecule has 0 fully saturated rings. The molecule has 1 aromatic carbocycles. The van der Waals surface area contributed by atoms with Crippen molar-refractivity contribution in [2.45, 2.75) is 19.4 Å². The first-order valence-electron chi connectivity index (χ1n) is 7.80. The molecule has 0 bridgehead atoms. The Kier molecular flexibility index (Phi) is 5.11. The molecule has 7 heteroatoms. The fraction of sp³-hybridized carbons (Fsp3) is 0.167. The van der Waals surface area contributed by atoms with Crippen LogP contribution in [0.3, 0.4) is 0 Å². The van der Waals surface area contributed by atoms with Crippen LogP contribution in [0, 0.1) is 0 Å². The van der Waals surface area contributed by atoms with Crippen LogP contribution in [0.15, 0.2) is 48.8 Å². The molecule has 0 aliphatic heterocycles. The minimum atomic E-state index is -0.540. The number of hydrogen-bond donors (Lipinski definition) is 3. The first-order chi connectivity index (χ1) is 12.0. The number of benzene rings is 1. The molecule has 6 nitrogen and oxygen atoms in total. The average molecular weight is 356 g/mol. The molecule has 0 amide bonds. The van der Waals surface area contributed by atoms with Gasteiger partial charge in [0.1, 0.15) is 5.82 Å². The first-order valence-corrected chi connectivity index (χ1v) is 8.18. The van der Waals surface area contributed by atoms with Crippen molar-refractivity contribution in [2.24, 2.45) is 0 Å². The number of pyridine rings is 1. The summed E-state index contributed by atoms with van der Waals surface area (Å²) >= 11 is 6.05. The lowest BCUT2D eigenvalue weighted by Crippen LogP contribution is -2.10. The predicted octanol–water partition coefficient (Wildman–Crippen LogP) is 3.44. The van der Waals surface area contributed by atoms with E-state index in [1.54, 1.807) is 31.5 Å². The molecule has 0 aliphatic carbocycles. The molecule has 4 N–H and O–H groups in total. The molecule has 0 radical (unpaired) electrons. The highest BCUT2D eigenvalue weighted by molar-refractivity contribution is 6.30. The van der Waals surface area contributed by atoms with Gasteiger partial charge in [-0.15, -0.1) is 0 Å². The SMILES string of the molecule is CC(O)Cc1c(-c2ccnc(N)n2)ccnc1Nc1cccc(Cl)c1. The summed E-state index contributed by atoms with van der Waals surface area (Å²) in [6, 6.07) is 11.0. The van der Waals surface area contributed by atoms with Gasteiger partial charge in [-0.3, -0.25) is 0 Å². The first kappa shape index (κ1) is 17.1. The van der Waals surface area contributed by atoms with Gasteiger partial charge in [0.2, 0.25) is 5.95 Å². The maximum absolute atomic E-state index is 9.93. The van der Waals surface area contributed by atoms with E-state index in [9.17, 15) is 5.11 Å².